The van der Waals surface area contributed by atoms with E-state index in [0.29, 0.717) is 16.1 Å². The SMILES string of the molecule is CC[C@]1(CC(=O)O)O[C@H](c2cccc(Cl)c2)[C@@H](c2ccc(Cl)cc2)N(C(CC(F)(F)F)CS(=O)(=O)C(C)(C)C)C1=O. The first-order valence-corrected chi connectivity index (χ1v) is 15.2. The number of ether oxygens (including phenoxy) is 1. The Balaban J connectivity index is 2.38. The second-order valence-corrected chi connectivity index (χ2v) is 14.7. The lowest BCUT2D eigenvalue weighted by Crippen LogP contribution is -2.63. The number of sulfone groups is 1. The molecule has 2 aromatic carbocycles. The van der Waals surface area contributed by atoms with Gasteiger partial charge in [-0.3, -0.25) is 9.59 Å². The number of alkyl halides is 3. The maximum atomic E-state index is 14.3. The molecule has 1 aliphatic heterocycles. The quantitative estimate of drug-likeness (QED) is 0.325. The van der Waals surface area contributed by atoms with Crippen molar-refractivity contribution in [1.82, 2.24) is 4.90 Å². The predicted molar refractivity (Wildman–Crippen MR) is 150 cm³/mol. The number of carboxylic acids is 1. The molecule has 0 saturated carbocycles. The fourth-order valence-electron chi connectivity index (χ4n) is 4.92. The molecule has 1 amide bonds. The molecule has 7 nitrogen and oxygen atoms in total. The third kappa shape index (κ3) is 7.55. The average Bonchev–Trinajstić information content (AvgIpc) is 2.83. The van der Waals surface area contributed by atoms with Gasteiger partial charge in [-0.2, -0.15) is 13.2 Å². The number of carboxylic acid groups (broad SMARTS) is 1. The second kappa shape index (κ2) is 12.1. The third-order valence-corrected chi connectivity index (χ3v) is 10.3. The second-order valence-electron chi connectivity index (χ2n) is 11.1. The Morgan fingerprint density at radius 2 is 1.68 bits per heavy atom. The molecular weight excluding hydrogens is 606 g/mol. The van der Waals surface area contributed by atoms with Crippen molar-refractivity contribution in [2.75, 3.05) is 5.75 Å². The van der Waals surface area contributed by atoms with Gasteiger partial charge in [0.1, 0.15) is 6.10 Å². The summed E-state index contributed by atoms with van der Waals surface area (Å²) >= 11 is 12.3. The van der Waals surface area contributed by atoms with Crippen molar-refractivity contribution in [2.45, 2.75) is 81.7 Å². The Labute approximate surface area is 247 Å². The van der Waals surface area contributed by atoms with E-state index in [1.165, 1.54) is 58.0 Å². The van der Waals surface area contributed by atoms with Gasteiger partial charge in [0.05, 0.1) is 35.4 Å². The van der Waals surface area contributed by atoms with Crippen LogP contribution in [-0.4, -0.2) is 58.6 Å². The number of carbonyl (C=O) groups is 2. The minimum Gasteiger partial charge on any atom is -0.481 e. The molecule has 0 aromatic heterocycles. The van der Waals surface area contributed by atoms with E-state index in [1.54, 1.807) is 18.2 Å². The zero-order valence-corrected chi connectivity index (χ0v) is 25.2. The molecule has 2 aromatic rings. The van der Waals surface area contributed by atoms with Crippen molar-refractivity contribution in [3.05, 3.63) is 69.7 Å². The molecule has 13 heteroatoms. The molecule has 0 bridgehead atoms. The molecule has 226 valence electrons. The number of aliphatic carboxylic acids is 1. The normalized spacial score (nSPS) is 23.0. The van der Waals surface area contributed by atoms with Crippen LogP contribution in [0.4, 0.5) is 13.2 Å². The molecule has 1 N–H and O–H groups in total. The van der Waals surface area contributed by atoms with Crippen LogP contribution in [0, 0.1) is 0 Å². The minimum atomic E-state index is -4.87. The molecule has 0 spiro atoms. The van der Waals surface area contributed by atoms with Gasteiger partial charge in [0, 0.05) is 10.0 Å². The smallest absolute Gasteiger partial charge is 0.391 e. The number of amides is 1. The Kier molecular flexibility index (Phi) is 9.79. The number of rotatable bonds is 9. The molecule has 4 atom stereocenters. The van der Waals surface area contributed by atoms with Crippen LogP contribution in [0.15, 0.2) is 48.5 Å². The van der Waals surface area contributed by atoms with Crippen LogP contribution < -0.4 is 0 Å². The highest BCUT2D eigenvalue weighted by Gasteiger charge is 2.57. The van der Waals surface area contributed by atoms with Crippen LogP contribution >= 0.6 is 23.2 Å². The summed E-state index contributed by atoms with van der Waals surface area (Å²) in [4.78, 5) is 27.1. The number of benzene rings is 2. The lowest BCUT2D eigenvalue weighted by molar-refractivity contribution is -0.216. The molecule has 1 aliphatic rings. The lowest BCUT2D eigenvalue weighted by Gasteiger charge is -2.52. The van der Waals surface area contributed by atoms with E-state index in [-0.39, 0.29) is 11.4 Å². The zero-order chi connectivity index (χ0) is 31.0. The largest absolute Gasteiger partial charge is 0.481 e. The van der Waals surface area contributed by atoms with Crippen molar-refractivity contribution in [3.63, 3.8) is 0 Å². The monoisotopic (exact) mass is 637 g/mol. The van der Waals surface area contributed by atoms with Crippen molar-refractivity contribution in [2.24, 2.45) is 0 Å². The van der Waals surface area contributed by atoms with Gasteiger partial charge in [-0.25, -0.2) is 8.42 Å². The summed E-state index contributed by atoms with van der Waals surface area (Å²) in [6.07, 6.45) is -8.78. The first-order chi connectivity index (χ1) is 18.8. The number of hydrogen-bond donors (Lipinski definition) is 1. The highest BCUT2D eigenvalue weighted by atomic mass is 35.5. The first kappa shape index (κ1) is 33.2. The van der Waals surface area contributed by atoms with Crippen molar-refractivity contribution in [1.29, 1.82) is 0 Å². The zero-order valence-electron chi connectivity index (χ0n) is 22.9. The van der Waals surface area contributed by atoms with Crippen LogP contribution in [0.25, 0.3) is 0 Å². The topological polar surface area (TPSA) is 101 Å². The summed E-state index contributed by atoms with van der Waals surface area (Å²) in [5.41, 5.74) is -1.41. The molecule has 1 unspecified atom stereocenters. The average molecular weight is 639 g/mol. The maximum Gasteiger partial charge on any atom is 0.391 e. The van der Waals surface area contributed by atoms with Crippen LogP contribution in [0.5, 0.6) is 0 Å². The van der Waals surface area contributed by atoms with E-state index in [1.807, 2.05) is 0 Å². The van der Waals surface area contributed by atoms with Crippen molar-refractivity contribution >= 4 is 44.9 Å². The number of carbonyl (C=O) groups excluding carboxylic acids is 1. The number of nitrogens with zero attached hydrogens (tertiary/aromatic N) is 1. The van der Waals surface area contributed by atoms with Crippen LogP contribution in [0.2, 0.25) is 10.0 Å². The highest BCUT2D eigenvalue weighted by molar-refractivity contribution is 7.92. The molecule has 1 fully saturated rings. The Hall–Kier alpha value is -2.34. The maximum absolute atomic E-state index is 14.3. The minimum absolute atomic E-state index is 0.205. The Morgan fingerprint density at radius 1 is 1.07 bits per heavy atom. The van der Waals surface area contributed by atoms with Crippen molar-refractivity contribution in [3.8, 4) is 0 Å². The van der Waals surface area contributed by atoms with E-state index in [2.05, 4.69) is 0 Å². The van der Waals surface area contributed by atoms with Crippen LogP contribution in [-0.2, 0) is 24.2 Å². The molecule has 0 radical (unpaired) electrons. The standard InChI is InChI=1S/C28H32Cl2F3NO6S/c1-5-27(15-22(35)36)25(37)34(21(14-28(31,32)33)16-41(38,39)26(2,3)4)23(17-9-11-19(29)12-10-17)24(40-27)18-7-6-8-20(30)13-18/h6-13,21,23-24H,5,14-16H2,1-4H3,(H,35,36)/t21?,23-,24-,27-/m1/s1. The van der Waals surface area contributed by atoms with Gasteiger partial charge < -0.3 is 14.7 Å². The van der Waals surface area contributed by atoms with E-state index < -0.39 is 75.0 Å². The van der Waals surface area contributed by atoms with E-state index in [0.717, 1.165) is 4.90 Å². The molecule has 3 rings (SSSR count). The van der Waals surface area contributed by atoms with Gasteiger partial charge in [0.2, 0.25) is 0 Å². The number of hydrogen-bond acceptors (Lipinski definition) is 5. The van der Waals surface area contributed by atoms with E-state index >= 15 is 0 Å². The highest BCUT2D eigenvalue weighted by Crippen LogP contribution is 2.50. The lowest BCUT2D eigenvalue weighted by atomic mass is 9.84. The van der Waals surface area contributed by atoms with Gasteiger partial charge in [-0.05, 0) is 62.6 Å². The Morgan fingerprint density at radius 3 is 2.17 bits per heavy atom. The fourth-order valence-corrected chi connectivity index (χ4v) is 6.53. The Bertz CT molecular complexity index is 1380. The van der Waals surface area contributed by atoms with Crippen molar-refractivity contribution < 1.29 is 41.0 Å². The van der Waals surface area contributed by atoms with Gasteiger partial charge >= 0.3 is 12.1 Å². The molecule has 41 heavy (non-hydrogen) atoms. The van der Waals surface area contributed by atoms with Gasteiger partial charge in [0.15, 0.2) is 15.4 Å². The summed E-state index contributed by atoms with van der Waals surface area (Å²) in [6.45, 7) is 5.57. The summed E-state index contributed by atoms with van der Waals surface area (Å²) < 4.78 is 73.8. The van der Waals surface area contributed by atoms with E-state index in [4.69, 9.17) is 27.9 Å². The van der Waals surface area contributed by atoms with Gasteiger partial charge in [-0.15, -0.1) is 0 Å². The molecule has 1 heterocycles. The predicted octanol–water partition coefficient (Wildman–Crippen LogP) is 6.79. The summed E-state index contributed by atoms with van der Waals surface area (Å²) in [7, 11) is -4.20. The van der Waals surface area contributed by atoms with Crippen LogP contribution in [0.3, 0.4) is 0 Å². The third-order valence-electron chi connectivity index (χ3n) is 7.17. The molecule has 1 saturated heterocycles. The summed E-state index contributed by atoms with van der Waals surface area (Å²) in [5, 5.41) is 10.3. The summed E-state index contributed by atoms with van der Waals surface area (Å²) in [5.74, 6) is -3.47. The summed E-state index contributed by atoms with van der Waals surface area (Å²) in [6, 6.07) is 9.06. The van der Waals surface area contributed by atoms with E-state index in [9.17, 15) is 36.3 Å². The van der Waals surface area contributed by atoms with Gasteiger partial charge in [0.25, 0.3) is 5.91 Å². The van der Waals surface area contributed by atoms with Gasteiger partial charge in [-0.1, -0.05) is 54.4 Å². The molecule has 0 aliphatic carbocycles. The number of halogens is 5. The first-order valence-electron chi connectivity index (χ1n) is 12.8. The number of morpholine rings is 1. The molecular formula is C28H32Cl2F3NO6S. The van der Waals surface area contributed by atoms with Crippen LogP contribution in [0.1, 0.15) is 70.2 Å². The fraction of sp³-hybridized carbons (Fsp3) is 0.500.